The van der Waals surface area contributed by atoms with E-state index in [0.717, 1.165) is 23.7 Å². The van der Waals surface area contributed by atoms with Gasteiger partial charge in [-0.3, -0.25) is 19.7 Å². The van der Waals surface area contributed by atoms with Gasteiger partial charge in [-0.2, -0.15) is 0 Å². The second-order valence-electron chi connectivity index (χ2n) is 6.03. The average molecular weight is 374 g/mol. The maximum absolute atomic E-state index is 12.4. The standard InChI is InChI=1S/C18H16ClN3O4/c1-11-9-12(4-7-16(11)21-8-2-3-17(21)23)20-18(24)14-6-5-13(22(25)26)10-15(14)19/h4-7,9-10H,2-3,8H2,1H3,(H,20,24). The van der Waals surface area contributed by atoms with Crippen molar-refractivity contribution < 1.29 is 14.5 Å². The van der Waals surface area contributed by atoms with Crippen molar-refractivity contribution in [1.29, 1.82) is 0 Å². The van der Waals surface area contributed by atoms with E-state index in [1.54, 1.807) is 23.1 Å². The Kier molecular flexibility index (Phi) is 4.90. The van der Waals surface area contributed by atoms with Gasteiger partial charge in [0.1, 0.15) is 0 Å². The Hall–Kier alpha value is -2.93. The highest BCUT2D eigenvalue weighted by Gasteiger charge is 2.23. The highest BCUT2D eigenvalue weighted by atomic mass is 35.5. The van der Waals surface area contributed by atoms with Crippen LogP contribution in [0.1, 0.15) is 28.8 Å². The molecule has 0 unspecified atom stereocenters. The van der Waals surface area contributed by atoms with E-state index in [9.17, 15) is 19.7 Å². The molecule has 7 nitrogen and oxygen atoms in total. The number of nitrogens with one attached hydrogen (secondary N) is 1. The molecule has 3 rings (SSSR count). The van der Waals surface area contributed by atoms with Crippen LogP contribution in [-0.4, -0.2) is 23.3 Å². The van der Waals surface area contributed by atoms with Gasteiger partial charge in [0.25, 0.3) is 11.6 Å². The van der Waals surface area contributed by atoms with Crippen LogP contribution in [0.3, 0.4) is 0 Å². The van der Waals surface area contributed by atoms with Gasteiger partial charge in [0.05, 0.1) is 15.5 Å². The molecule has 0 saturated carbocycles. The van der Waals surface area contributed by atoms with Gasteiger partial charge >= 0.3 is 0 Å². The molecule has 0 bridgehead atoms. The maximum Gasteiger partial charge on any atom is 0.270 e. The number of carbonyl (C=O) groups is 2. The van der Waals surface area contributed by atoms with Crippen LogP contribution in [0, 0.1) is 17.0 Å². The van der Waals surface area contributed by atoms with Crippen LogP contribution in [0.4, 0.5) is 17.1 Å². The molecule has 2 aromatic rings. The summed E-state index contributed by atoms with van der Waals surface area (Å²) in [6.07, 6.45) is 1.39. The fraction of sp³-hybridized carbons (Fsp3) is 0.222. The van der Waals surface area contributed by atoms with E-state index in [0.29, 0.717) is 18.7 Å². The van der Waals surface area contributed by atoms with Crippen LogP contribution in [0.15, 0.2) is 36.4 Å². The number of nitrogens with zero attached hydrogens (tertiary/aromatic N) is 2. The monoisotopic (exact) mass is 373 g/mol. The quantitative estimate of drug-likeness (QED) is 0.649. The smallest absolute Gasteiger partial charge is 0.270 e. The Morgan fingerprint density at radius 2 is 2.04 bits per heavy atom. The third-order valence-electron chi connectivity index (χ3n) is 4.23. The van der Waals surface area contributed by atoms with Gasteiger partial charge in [-0.25, -0.2) is 0 Å². The van der Waals surface area contributed by atoms with Crippen molar-refractivity contribution >= 4 is 40.5 Å². The molecule has 1 heterocycles. The number of halogens is 1. The second-order valence-corrected chi connectivity index (χ2v) is 6.43. The number of benzene rings is 2. The number of hydrogen-bond donors (Lipinski definition) is 1. The van der Waals surface area contributed by atoms with Crippen molar-refractivity contribution in [2.75, 3.05) is 16.8 Å². The number of carbonyl (C=O) groups excluding carboxylic acids is 2. The maximum atomic E-state index is 12.4. The Labute approximate surface area is 154 Å². The number of rotatable bonds is 4. The van der Waals surface area contributed by atoms with Crippen LogP contribution in [0.5, 0.6) is 0 Å². The van der Waals surface area contributed by atoms with Gasteiger partial charge in [0, 0.05) is 36.5 Å². The van der Waals surface area contributed by atoms with Crippen LogP contribution >= 0.6 is 11.6 Å². The fourth-order valence-corrected chi connectivity index (χ4v) is 3.20. The van der Waals surface area contributed by atoms with Crippen molar-refractivity contribution in [3.63, 3.8) is 0 Å². The van der Waals surface area contributed by atoms with E-state index in [4.69, 9.17) is 11.6 Å². The molecule has 1 saturated heterocycles. The largest absolute Gasteiger partial charge is 0.322 e. The molecule has 1 aliphatic rings. The lowest BCUT2D eigenvalue weighted by Crippen LogP contribution is -2.24. The topological polar surface area (TPSA) is 92.5 Å². The molecule has 2 amide bonds. The molecule has 0 radical (unpaired) electrons. The summed E-state index contributed by atoms with van der Waals surface area (Å²) in [7, 11) is 0. The zero-order valence-electron chi connectivity index (χ0n) is 14.0. The SMILES string of the molecule is Cc1cc(NC(=O)c2ccc([N+](=O)[O-])cc2Cl)ccc1N1CCCC1=O. The predicted octanol–water partition coefficient (Wildman–Crippen LogP) is 3.94. The molecule has 0 aliphatic carbocycles. The molecule has 0 spiro atoms. The number of nitro groups is 1. The molecule has 1 N–H and O–H groups in total. The Balaban J connectivity index is 1.78. The molecule has 26 heavy (non-hydrogen) atoms. The summed E-state index contributed by atoms with van der Waals surface area (Å²) in [4.78, 5) is 36.2. The third-order valence-corrected chi connectivity index (χ3v) is 4.54. The molecular formula is C18H16ClN3O4. The summed E-state index contributed by atoms with van der Waals surface area (Å²) in [5.41, 5.74) is 2.22. The Morgan fingerprint density at radius 1 is 1.27 bits per heavy atom. The lowest BCUT2D eigenvalue weighted by Gasteiger charge is -2.19. The normalized spacial score (nSPS) is 13.8. The molecule has 8 heteroatoms. The first-order valence-electron chi connectivity index (χ1n) is 8.03. The predicted molar refractivity (Wildman–Crippen MR) is 98.8 cm³/mol. The molecule has 134 valence electrons. The number of nitro benzene ring substituents is 1. The zero-order valence-corrected chi connectivity index (χ0v) is 14.7. The minimum atomic E-state index is -0.574. The van der Waals surface area contributed by atoms with Crippen molar-refractivity contribution in [1.82, 2.24) is 0 Å². The second kappa shape index (κ2) is 7.13. The molecule has 1 fully saturated rings. The highest BCUT2D eigenvalue weighted by Crippen LogP contribution is 2.28. The van der Waals surface area contributed by atoms with Crippen LogP contribution in [-0.2, 0) is 4.79 Å². The van der Waals surface area contributed by atoms with Crippen molar-refractivity contribution in [2.24, 2.45) is 0 Å². The lowest BCUT2D eigenvalue weighted by molar-refractivity contribution is -0.384. The minimum Gasteiger partial charge on any atom is -0.322 e. The Morgan fingerprint density at radius 3 is 2.62 bits per heavy atom. The first kappa shape index (κ1) is 17.9. The molecule has 0 aromatic heterocycles. The van der Waals surface area contributed by atoms with Crippen molar-refractivity contribution in [2.45, 2.75) is 19.8 Å². The van der Waals surface area contributed by atoms with Crippen LogP contribution < -0.4 is 10.2 Å². The summed E-state index contributed by atoms with van der Waals surface area (Å²) < 4.78 is 0. The highest BCUT2D eigenvalue weighted by molar-refractivity contribution is 6.34. The Bertz CT molecular complexity index is 913. The van der Waals surface area contributed by atoms with E-state index in [1.807, 2.05) is 6.92 Å². The van der Waals surface area contributed by atoms with Gasteiger partial charge in [-0.1, -0.05) is 11.6 Å². The summed E-state index contributed by atoms with van der Waals surface area (Å²) in [6.45, 7) is 2.57. The number of aryl methyl sites for hydroxylation is 1. The first-order valence-corrected chi connectivity index (χ1v) is 8.41. The van der Waals surface area contributed by atoms with E-state index in [1.165, 1.54) is 12.1 Å². The molecule has 0 atom stereocenters. The number of hydrogen-bond acceptors (Lipinski definition) is 4. The minimum absolute atomic E-state index is 0.00713. The molecule has 1 aliphatic heterocycles. The van der Waals surface area contributed by atoms with Crippen LogP contribution in [0.25, 0.3) is 0 Å². The first-order chi connectivity index (χ1) is 12.4. The van der Waals surface area contributed by atoms with Gasteiger partial charge in [-0.15, -0.1) is 0 Å². The number of anilines is 2. The lowest BCUT2D eigenvalue weighted by atomic mass is 10.1. The van der Waals surface area contributed by atoms with Crippen molar-refractivity contribution in [3.05, 3.63) is 62.7 Å². The summed E-state index contributed by atoms with van der Waals surface area (Å²) >= 11 is 5.98. The van der Waals surface area contributed by atoms with Crippen LogP contribution in [0.2, 0.25) is 5.02 Å². The van der Waals surface area contributed by atoms with Crippen molar-refractivity contribution in [3.8, 4) is 0 Å². The third kappa shape index (κ3) is 3.52. The van der Waals surface area contributed by atoms with Gasteiger partial charge < -0.3 is 10.2 Å². The molecule has 2 aromatic carbocycles. The van der Waals surface area contributed by atoms with Gasteiger partial charge in [-0.05, 0) is 43.2 Å². The number of amides is 2. The fourth-order valence-electron chi connectivity index (χ4n) is 2.94. The summed E-state index contributed by atoms with van der Waals surface area (Å²) in [5, 5.41) is 13.5. The van der Waals surface area contributed by atoms with E-state index < -0.39 is 10.8 Å². The zero-order chi connectivity index (χ0) is 18.8. The summed E-state index contributed by atoms with van der Waals surface area (Å²) in [5.74, 6) is -0.364. The van der Waals surface area contributed by atoms with E-state index in [-0.39, 0.29) is 22.2 Å². The van der Waals surface area contributed by atoms with Gasteiger partial charge in [0.15, 0.2) is 0 Å². The summed E-state index contributed by atoms with van der Waals surface area (Å²) in [6, 6.07) is 8.98. The number of non-ortho nitro benzene ring substituents is 1. The average Bonchev–Trinajstić information content (AvgIpc) is 3.00. The van der Waals surface area contributed by atoms with E-state index in [2.05, 4.69) is 5.32 Å². The molecular weight excluding hydrogens is 358 g/mol. The van der Waals surface area contributed by atoms with Gasteiger partial charge in [0.2, 0.25) is 5.91 Å². The van der Waals surface area contributed by atoms with E-state index >= 15 is 0 Å².